The fraction of sp³-hybridized carbons (Fsp3) is 0.250. The molecule has 0 bridgehead atoms. The summed E-state index contributed by atoms with van der Waals surface area (Å²) in [5, 5.41) is 2.02. The molecule has 2 aromatic carbocycles. The van der Waals surface area contributed by atoms with Crippen LogP contribution < -0.4 is 4.74 Å². The van der Waals surface area contributed by atoms with Gasteiger partial charge in [-0.05, 0) is 35.9 Å². The number of Topliss-reactive ketones (excluding diaryl/α,β-unsaturated/α-hetero) is 2. The van der Waals surface area contributed by atoms with Gasteiger partial charge in [-0.2, -0.15) is 0 Å². The Morgan fingerprint density at radius 3 is 2.37 bits per heavy atom. The maximum absolute atomic E-state index is 11.9. The molecule has 0 amide bonds. The molecule has 0 aliphatic heterocycles. The van der Waals surface area contributed by atoms with E-state index < -0.39 is 0 Å². The molecule has 98 valence electrons. The van der Waals surface area contributed by atoms with Crippen LogP contribution in [0, 0.1) is 0 Å². The van der Waals surface area contributed by atoms with Crippen molar-refractivity contribution in [2.24, 2.45) is 0 Å². The lowest BCUT2D eigenvalue weighted by Crippen LogP contribution is -2.02. The van der Waals surface area contributed by atoms with Crippen LogP contribution in [-0.4, -0.2) is 18.7 Å². The third-order valence-corrected chi connectivity index (χ3v) is 3.07. The molecule has 0 aliphatic carbocycles. The van der Waals surface area contributed by atoms with Crippen LogP contribution in [0.1, 0.15) is 30.1 Å². The van der Waals surface area contributed by atoms with Gasteiger partial charge in [0.05, 0.1) is 7.11 Å². The molecule has 0 unspecified atom stereocenters. The van der Waals surface area contributed by atoms with Crippen molar-refractivity contribution < 1.29 is 14.3 Å². The van der Waals surface area contributed by atoms with E-state index in [1.165, 1.54) is 6.92 Å². The van der Waals surface area contributed by atoms with Crippen molar-refractivity contribution in [1.29, 1.82) is 0 Å². The fourth-order valence-electron chi connectivity index (χ4n) is 1.96. The molecular formula is C16H16O3. The number of carbonyl (C=O) groups is 2. The van der Waals surface area contributed by atoms with E-state index in [1.54, 1.807) is 13.2 Å². The van der Waals surface area contributed by atoms with Gasteiger partial charge in [0.15, 0.2) is 5.78 Å². The second-order valence-electron chi connectivity index (χ2n) is 4.55. The minimum atomic E-state index is 0.00733. The summed E-state index contributed by atoms with van der Waals surface area (Å²) in [5.41, 5.74) is 0.652. The normalized spacial score (nSPS) is 10.4. The number of ether oxygens (including phenoxy) is 1. The summed E-state index contributed by atoms with van der Waals surface area (Å²) in [7, 11) is 1.63. The van der Waals surface area contributed by atoms with Gasteiger partial charge in [-0.15, -0.1) is 0 Å². The van der Waals surface area contributed by atoms with Crippen LogP contribution in [0.25, 0.3) is 10.8 Å². The number of methoxy groups -OCH3 is 1. The van der Waals surface area contributed by atoms with Crippen LogP contribution in [0.2, 0.25) is 0 Å². The molecule has 0 aromatic heterocycles. The smallest absolute Gasteiger partial charge is 0.163 e. The Balaban J connectivity index is 2.26. The molecule has 2 rings (SSSR count). The minimum absolute atomic E-state index is 0.00733. The van der Waals surface area contributed by atoms with E-state index in [0.29, 0.717) is 12.0 Å². The Hall–Kier alpha value is -2.16. The van der Waals surface area contributed by atoms with Gasteiger partial charge in [-0.25, -0.2) is 0 Å². The van der Waals surface area contributed by atoms with Gasteiger partial charge < -0.3 is 9.53 Å². The van der Waals surface area contributed by atoms with Gasteiger partial charge in [0.1, 0.15) is 11.5 Å². The van der Waals surface area contributed by atoms with Crippen molar-refractivity contribution in [2.45, 2.75) is 19.8 Å². The highest BCUT2D eigenvalue weighted by Gasteiger charge is 2.08. The zero-order chi connectivity index (χ0) is 13.8. The SMILES string of the molecule is COc1ccc2cc(C(=O)CCC(C)=O)ccc2c1. The number of fused-ring (bicyclic) bond motifs is 1. The highest BCUT2D eigenvalue weighted by atomic mass is 16.5. The van der Waals surface area contributed by atoms with Gasteiger partial charge in [0.25, 0.3) is 0 Å². The molecule has 0 radical (unpaired) electrons. The van der Waals surface area contributed by atoms with Crippen molar-refractivity contribution in [2.75, 3.05) is 7.11 Å². The first kappa shape index (κ1) is 13.3. The summed E-state index contributed by atoms with van der Waals surface area (Å²) in [6, 6.07) is 11.3. The minimum Gasteiger partial charge on any atom is -0.497 e. The van der Waals surface area contributed by atoms with Crippen molar-refractivity contribution in [3.63, 3.8) is 0 Å². The zero-order valence-electron chi connectivity index (χ0n) is 11.1. The number of hydrogen-bond acceptors (Lipinski definition) is 3. The van der Waals surface area contributed by atoms with Crippen molar-refractivity contribution in [3.8, 4) is 5.75 Å². The Kier molecular flexibility index (Phi) is 3.95. The summed E-state index contributed by atoms with van der Waals surface area (Å²) >= 11 is 0. The van der Waals surface area contributed by atoms with Gasteiger partial charge in [-0.1, -0.05) is 18.2 Å². The molecule has 2 aromatic rings. The predicted octanol–water partition coefficient (Wildman–Crippen LogP) is 3.40. The highest BCUT2D eigenvalue weighted by Crippen LogP contribution is 2.22. The molecular weight excluding hydrogens is 240 g/mol. The quantitative estimate of drug-likeness (QED) is 0.770. The summed E-state index contributed by atoms with van der Waals surface area (Å²) in [6.07, 6.45) is 0.580. The second-order valence-corrected chi connectivity index (χ2v) is 4.55. The topological polar surface area (TPSA) is 43.4 Å². The first-order valence-electron chi connectivity index (χ1n) is 6.20. The van der Waals surface area contributed by atoms with Crippen LogP contribution in [-0.2, 0) is 4.79 Å². The molecule has 0 fully saturated rings. The van der Waals surface area contributed by atoms with E-state index in [1.807, 2.05) is 30.3 Å². The van der Waals surface area contributed by atoms with Crippen molar-refractivity contribution in [3.05, 3.63) is 42.0 Å². The molecule has 0 N–H and O–H groups in total. The van der Waals surface area contributed by atoms with E-state index in [2.05, 4.69) is 0 Å². The van der Waals surface area contributed by atoms with Crippen LogP contribution in [0.3, 0.4) is 0 Å². The molecule has 0 heterocycles. The van der Waals surface area contributed by atoms with Gasteiger partial charge in [0, 0.05) is 18.4 Å². The molecule has 0 atom stereocenters. The van der Waals surface area contributed by atoms with E-state index in [-0.39, 0.29) is 18.0 Å². The number of rotatable bonds is 5. The monoisotopic (exact) mass is 256 g/mol. The fourth-order valence-corrected chi connectivity index (χ4v) is 1.96. The average Bonchev–Trinajstić information content (AvgIpc) is 2.43. The van der Waals surface area contributed by atoms with Crippen LogP contribution in [0.5, 0.6) is 5.75 Å². The van der Waals surface area contributed by atoms with Crippen LogP contribution in [0.4, 0.5) is 0 Å². The van der Waals surface area contributed by atoms with E-state index in [0.717, 1.165) is 16.5 Å². The summed E-state index contributed by atoms with van der Waals surface area (Å²) < 4.78 is 5.16. The van der Waals surface area contributed by atoms with Crippen molar-refractivity contribution in [1.82, 2.24) is 0 Å². The third kappa shape index (κ3) is 3.19. The summed E-state index contributed by atoms with van der Waals surface area (Å²) in [5.74, 6) is 0.843. The van der Waals surface area contributed by atoms with E-state index in [9.17, 15) is 9.59 Å². The number of benzene rings is 2. The van der Waals surface area contributed by atoms with E-state index in [4.69, 9.17) is 4.74 Å². The highest BCUT2D eigenvalue weighted by molar-refractivity contribution is 6.01. The molecule has 19 heavy (non-hydrogen) atoms. The van der Waals surface area contributed by atoms with Gasteiger partial charge in [-0.3, -0.25) is 4.79 Å². The molecule has 3 nitrogen and oxygen atoms in total. The molecule has 0 aliphatic rings. The predicted molar refractivity (Wildman–Crippen MR) is 74.7 cm³/mol. The lowest BCUT2D eigenvalue weighted by atomic mass is 10.0. The first-order chi connectivity index (χ1) is 9.10. The molecule has 0 spiro atoms. The first-order valence-corrected chi connectivity index (χ1v) is 6.20. The molecule has 0 saturated carbocycles. The van der Waals surface area contributed by atoms with Crippen molar-refractivity contribution >= 4 is 22.3 Å². The molecule has 0 saturated heterocycles. The zero-order valence-corrected chi connectivity index (χ0v) is 11.1. The maximum atomic E-state index is 11.9. The Morgan fingerprint density at radius 2 is 1.68 bits per heavy atom. The third-order valence-electron chi connectivity index (χ3n) is 3.07. The van der Waals surface area contributed by atoms with Gasteiger partial charge in [0.2, 0.25) is 0 Å². The number of carbonyl (C=O) groups excluding carboxylic acids is 2. The largest absolute Gasteiger partial charge is 0.497 e. The summed E-state index contributed by atoms with van der Waals surface area (Å²) in [4.78, 5) is 22.8. The van der Waals surface area contributed by atoms with Gasteiger partial charge >= 0.3 is 0 Å². The number of hydrogen-bond donors (Lipinski definition) is 0. The molecule has 3 heteroatoms. The van der Waals surface area contributed by atoms with Crippen LogP contribution in [0.15, 0.2) is 36.4 Å². The van der Waals surface area contributed by atoms with Crippen LogP contribution >= 0.6 is 0 Å². The Morgan fingerprint density at radius 1 is 1.00 bits per heavy atom. The van der Waals surface area contributed by atoms with E-state index >= 15 is 0 Å². The maximum Gasteiger partial charge on any atom is 0.163 e. The number of ketones is 2. The summed E-state index contributed by atoms with van der Waals surface area (Å²) in [6.45, 7) is 1.50. The lowest BCUT2D eigenvalue weighted by molar-refractivity contribution is -0.116. The Labute approximate surface area is 112 Å². The second kappa shape index (κ2) is 5.65. The lowest BCUT2D eigenvalue weighted by Gasteiger charge is -2.05. The Bertz CT molecular complexity index is 629. The standard InChI is InChI=1S/C16H16O3/c1-11(17)3-8-16(18)14-5-4-13-10-15(19-2)7-6-12(13)9-14/h4-7,9-10H,3,8H2,1-2H3. The average molecular weight is 256 g/mol.